The van der Waals surface area contributed by atoms with Crippen molar-refractivity contribution in [1.82, 2.24) is 19.7 Å². The maximum atomic E-state index is 13.1. The molecule has 9 heteroatoms. The minimum Gasteiger partial charge on any atom is -0.336 e. The number of carbonyl (C=O) groups excluding carboxylic acids is 1. The van der Waals surface area contributed by atoms with Gasteiger partial charge in [-0.1, -0.05) is 30.3 Å². The van der Waals surface area contributed by atoms with Crippen molar-refractivity contribution in [3.63, 3.8) is 0 Å². The fourth-order valence-corrected chi connectivity index (χ4v) is 4.60. The summed E-state index contributed by atoms with van der Waals surface area (Å²) in [5.74, 6) is -0.0695. The van der Waals surface area contributed by atoms with Crippen LogP contribution in [-0.4, -0.2) is 43.6 Å². The van der Waals surface area contributed by atoms with Gasteiger partial charge in [-0.2, -0.15) is 5.10 Å². The highest BCUT2D eigenvalue weighted by Gasteiger charge is 2.38. The first-order valence-electron chi connectivity index (χ1n) is 9.79. The molecule has 5 rings (SSSR count). The van der Waals surface area contributed by atoms with Crippen molar-refractivity contribution in [3.05, 3.63) is 80.4 Å². The van der Waals surface area contributed by atoms with Crippen LogP contribution in [0.5, 0.6) is 0 Å². The number of fused-ring (bicyclic) bond motifs is 4. The molecule has 1 aromatic carbocycles. The summed E-state index contributed by atoms with van der Waals surface area (Å²) in [6.45, 7) is 1.35. The molecule has 152 valence electrons. The van der Waals surface area contributed by atoms with Gasteiger partial charge in [-0.15, -0.1) is 0 Å². The Kier molecular flexibility index (Phi) is 4.23. The molecule has 0 aliphatic carbocycles. The van der Waals surface area contributed by atoms with Crippen LogP contribution >= 0.6 is 0 Å². The third-order valence-corrected chi connectivity index (χ3v) is 5.95. The summed E-state index contributed by atoms with van der Waals surface area (Å²) in [5, 5.41) is 18.2. The number of nitrogens with one attached hydrogen (secondary N) is 1. The Morgan fingerprint density at radius 3 is 2.70 bits per heavy atom. The monoisotopic (exact) mass is 405 g/mol. The first kappa shape index (κ1) is 18.3. The van der Waals surface area contributed by atoms with E-state index < -0.39 is 16.2 Å². The van der Waals surface area contributed by atoms with E-state index >= 15 is 0 Å². The number of likely N-dealkylation sites (tertiary alicyclic amines) is 1. The molecule has 0 radical (unpaired) electrons. The first-order chi connectivity index (χ1) is 14.5. The average molecular weight is 405 g/mol. The summed E-state index contributed by atoms with van der Waals surface area (Å²) >= 11 is 0. The molecule has 1 unspecified atom stereocenters. The van der Waals surface area contributed by atoms with Crippen LogP contribution in [0.4, 0.5) is 5.69 Å². The van der Waals surface area contributed by atoms with Gasteiger partial charge in [-0.05, 0) is 24.5 Å². The summed E-state index contributed by atoms with van der Waals surface area (Å²) in [7, 11) is 0. The van der Waals surface area contributed by atoms with Crippen LogP contribution in [0.3, 0.4) is 0 Å². The van der Waals surface area contributed by atoms with Crippen molar-refractivity contribution in [2.45, 2.75) is 18.9 Å². The molecule has 3 aromatic rings. The summed E-state index contributed by atoms with van der Waals surface area (Å²) in [6.07, 6.45) is 0.860. The number of carbonyl (C=O) groups is 1. The van der Waals surface area contributed by atoms with Crippen LogP contribution in [0.2, 0.25) is 0 Å². The van der Waals surface area contributed by atoms with Crippen molar-refractivity contribution < 1.29 is 9.72 Å². The number of pyridine rings is 1. The SMILES string of the molecule is O=C(c1cc(-c2ccccc2)n[nH]1)N1CC2C[C@@H](C1)Cn1c2ccc([N+](=O)[O-])c1=O. The minimum absolute atomic E-state index is 0.0218. The van der Waals surface area contributed by atoms with E-state index in [0.29, 0.717) is 31.0 Å². The van der Waals surface area contributed by atoms with Gasteiger partial charge in [0.2, 0.25) is 0 Å². The van der Waals surface area contributed by atoms with Crippen LogP contribution < -0.4 is 5.56 Å². The van der Waals surface area contributed by atoms with E-state index in [4.69, 9.17) is 0 Å². The topological polar surface area (TPSA) is 114 Å². The normalized spacial score (nSPS) is 19.9. The van der Waals surface area contributed by atoms with E-state index in [1.54, 1.807) is 17.0 Å². The van der Waals surface area contributed by atoms with Gasteiger partial charge in [-0.25, -0.2) is 0 Å². The maximum absolute atomic E-state index is 13.1. The van der Waals surface area contributed by atoms with Crippen molar-refractivity contribution in [1.29, 1.82) is 0 Å². The van der Waals surface area contributed by atoms with Crippen LogP contribution in [-0.2, 0) is 6.54 Å². The lowest BCUT2D eigenvalue weighted by Crippen LogP contribution is -2.49. The zero-order chi connectivity index (χ0) is 20.8. The van der Waals surface area contributed by atoms with E-state index in [2.05, 4.69) is 10.2 Å². The predicted molar refractivity (Wildman–Crippen MR) is 108 cm³/mol. The lowest BCUT2D eigenvalue weighted by Gasteiger charge is -2.42. The average Bonchev–Trinajstić information content (AvgIpc) is 3.24. The van der Waals surface area contributed by atoms with Gasteiger partial charge >= 0.3 is 11.2 Å². The number of amides is 1. The second kappa shape index (κ2) is 6.94. The van der Waals surface area contributed by atoms with Crippen molar-refractivity contribution in [3.8, 4) is 11.3 Å². The largest absolute Gasteiger partial charge is 0.336 e. The Labute approximate surface area is 171 Å². The lowest BCUT2D eigenvalue weighted by molar-refractivity contribution is -0.386. The number of nitrogens with zero attached hydrogens (tertiary/aromatic N) is 4. The molecule has 1 amide bonds. The van der Waals surface area contributed by atoms with E-state index in [0.717, 1.165) is 17.7 Å². The molecule has 1 fully saturated rings. The van der Waals surface area contributed by atoms with E-state index in [9.17, 15) is 19.7 Å². The number of nitro groups is 1. The summed E-state index contributed by atoms with van der Waals surface area (Å²) in [6, 6.07) is 14.3. The second-order valence-corrected chi connectivity index (χ2v) is 7.86. The van der Waals surface area contributed by atoms with Crippen LogP contribution in [0.15, 0.2) is 53.3 Å². The smallest absolute Gasteiger partial charge is 0.334 e. The molecule has 1 saturated heterocycles. The van der Waals surface area contributed by atoms with Gasteiger partial charge in [0.1, 0.15) is 5.69 Å². The predicted octanol–water partition coefficient (Wildman–Crippen LogP) is 2.41. The number of benzene rings is 1. The number of hydrogen-bond acceptors (Lipinski definition) is 5. The molecule has 4 heterocycles. The van der Waals surface area contributed by atoms with Gasteiger partial charge in [0.05, 0.1) is 10.6 Å². The Morgan fingerprint density at radius 1 is 1.13 bits per heavy atom. The Hall–Kier alpha value is -3.75. The number of hydrogen-bond donors (Lipinski definition) is 1. The zero-order valence-corrected chi connectivity index (χ0v) is 16.0. The number of piperidine rings is 1. The number of H-pyrrole nitrogens is 1. The molecule has 2 aliphatic rings. The molecule has 30 heavy (non-hydrogen) atoms. The van der Waals surface area contributed by atoms with Crippen LogP contribution in [0.25, 0.3) is 11.3 Å². The Morgan fingerprint density at radius 2 is 1.93 bits per heavy atom. The maximum Gasteiger partial charge on any atom is 0.334 e. The highest BCUT2D eigenvalue weighted by molar-refractivity contribution is 5.93. The standard InChI is InChI=1S/C21H19N5O4/c27-20(17-9-16(22-23-17)14-4-2-1-3-5-14)24-10-13-8-15(12-24)18-6-7-19(26(29)30)21(28)25(18)11-13/h1-7,9,13,15H,8,10-12H2,(H,22,23)/t13-,15?/m0/s1. The summed E-state index contributed by atoms with van der Waals surface area (Å²) in [4.78, 5) is 37.8. The fourth-order valence-electron chi connectivity index (χ4n) is 4.60. The molecule has 2 aromatic heterocycles. The summed E-state index contributed by atoms with van der Waals surface area (Å²) in [5.41, 5.74) is 1.85. The fraction of sp³-hybridized carbons (Fsp3) is 0.286. The minimum atomic E-state index is -0.640. The molecule has 1 N–H and O–H groups in total. The van der Waals surface area contributed by atoms with Crippen molar-refractivity contribution in [2.75, 3.05) is 13.1 Å². The highest BCUT2D eigenvalue weighted by Crippen LogP contribution is 2.36. The van der Waals surface area contributed by atoms with Gasteiger partial charge in [-0.3, -0.25) is 24.8 Å². The van der Waals surface area contributed by atoms with Crippen LogP contribution in [0.1, 0.15) is 28.5 Å². The van der Waals surface area contributed by atoms with Crippen LogP contribution in [0, 0.1) is 16.0 Å². The van der Waals surface area contributed by atoms with E-state index in [1.165, 1.54) is 10.6 Å². The number of rotatable bonds is 3. The lowest BCUT2D eigenvalue weighted by atomic mass is 9.83. The second-order valence-electron chi connectivity index (χ2n) is 7.86. The molecule has 2 aliphatic heterocycles. The number of aromatic nitrogens is 3. The molecular formula is C21H19N5O4. The Bertz CT molecular complexity index is 1200. The van der Waals surface area contributed by atoms with Crippen molar-refractivity contribution >= 4 is 11.6 Å². The van der Waals surface area contributed by atoms with E-state index in [1.807, 2.05) is 30.3 Å². The van der Waals surface area contributed by atoms with Gasteiger partial charge in [0, 0.05) is 42.9 Å². The van der Waals surface area contributed by atoms with Gasteiger partial charge in [0.25, 0.3) is 5.91 Å². The first-order valence-corrected chi connectivity index (χ1v) is 9.79. The molecule has 9 nitrogen and oxygen atoms in total. The zero-order valence-electron chi connectivity index (χ0n) is 16.0. The van der Waals surface area contributed by atoms with E-state index in [-0.39, 0.29) is 17.7 Å². The van der Waals surface area contributed by atoms with Gasteiger partial charge in [0.15, 0.2) is 0 Å². The third kappa shape index (κ3) is 2.99. The molecule has 0 spiro atoms. The molecule has 2 atom stereocenters. The molecular weight excluding hydrogens is 386 g/mol. The number of aromatic amines is 1. The third-order valence-electron chi connectivity index (χ3n) is 5.95. The van der Waals surface area contributed by atoms with Crippen molar-refractivity contribution in [2.24, 2.45) is 5.92 Å². The highest BCUT2D eigenvalue weighted by atomic mass is 16.6. The molecule has 2 bridgehead atoms. The quantitative estimate of drug-likeness (QED) is 0.531. The molecule has 0 saturated carbocycles. The van der Waals surface area contributed by atoms with Gasteiger partial charge < -0.3 is 9.47 Å². The Balaban J connectivity index is 1.40. The summed E-state index contributed by atoms with van der Waals surface area (Å²) < 4.78 is 1.52.